The Morgan fingerprint density at radius 1 is 1.15 bits per heavy atom. The van der Waals surface area contributed by atoms with Crippen molar-refractivity contribution in [1.29, 1.82) is 0 Å². The van der Waals surface area contributed by atoms with Gasteiger partial charge in [0, 0.05) is 5.56 Å². The molecule has 0 bridgehead atoms. The van der Waals surface area contributed by atoms with Crippen molar-refractivity contribution >= 4 is 17.4 Å². The smallest absolute Gasteiger partial charge is 0.291 e. The van der Waals surface area contributed by atoms with Gasteiger partial charge in [0.15, 0.2) is 11.6 Å². The predicted molar refractivity (Wildman–Crippen MR) is 97.7 cm³/mol. The summed E-state index contributed by atoms with van der Waals surface area (Å²) in [6, 6.07) is 17.0. The zero-order valence-corrected chi connectivity index (χ0v) is 14.0. The molecule has 1 amide bonds. The zero-order chi connectivity index (χ0) is 19.2. The van der Waals surface area contributed by atoms with E-state index in [-0.39, 0.29) is 11.5 Å². The molecule has 0 aliphatic heterocycles. The number of carbonyl (C=O) groups is 1. The molecule has 0 spiro atoms. The minimum Gasteiger partial charge on any atom is -0.504 e. The average molecular weight is 365 g/mol. The Morgan fingerprint density at radius 3 is 2.48 bits per heavy atom. The van der Waals surface area contributed by atoms with Gasteiger partial charge in [-0.05, 0) is 29.8 Å². The Labute approximate surface area is 154 Å². The molecule has 8 nitrogen and oxygen atoms in total. The fourth-order valence-electron chi connectivity index (χ4n) is 2.26. The summed E-state index contributed by atoms with van der Waals surface area (Å²) in [5.74, 6) is -0.552. The number of nitro groups is 1. The highest BCUT2D eigenvalue weighted by molar-refractivity contribution is 6.04. The van der Waals surface area contributed by atoms with Gasteiger partial charge in [0.25, 0.3) is 11.6 Å². The van der Waals surface area contributed by atoms with E-state index in [1.165, 1.54) is 0 Å². The van der Waals surface area contributed by atoms with E-state index in [4.69, 9.17) is 4.74 Å². The topological polar surface area (TPSA) is 115 Å². The third-order valence-corrected chi connectivity index (χ3v) is 3.66. The lowest BCUT2D eigenvalue weighted by molar-refractivity contribution is -0.385. The van der Waals surface area contributed by atoms with Crippen LogP contribution in [0.15, 0.2) is 66.9 Å². The maximum Gasteiger partial charge on any atom is 0.291 e. The molecule has 0 unspecified atom stereocenters. The van der Waals surface area contributed by atoms with Crippen LogP contribution in [0.5, 0.6) is 11.5 Å². The van der Waals surface area contributed by atoms with Gasteiger partial charge in [-0.2, -0.15) is 0 Å². The van der Waals surface area contributed by atoms with Crippen LogP contribution in [0.25, 0.3) is 0 Å². The summed E-state index contributed by atoms with van der Waals surface area (Å²) in [4.78, 5) is 25.9. The normalized spacial score (nSPS) is 10.2. The maximum absolute atomic E-state index is 12.2. The van der Waals surface area contributed by atoms with Crippen LogP contribution in [0, 0.1) is 10.1 Å². The van der Waals surface area contributed by atoms with Crippen LogP contribution in [-0.4, -0.2) is 20.9 Å². The molecule has 1 heterocycles. The van der Waals surface area contributed by atoms with Crippen LogP contribution in [-0.2, 0) is 6.61 Å². The van der Waals surface area contributed by atoms with Crippen LogP contribution < -0.4 is 10.1 Å². The van der Waals surface area contributed by atoms with Gasteiger partial charge in [0.2, 0.25) is 0 Å². The second-order valence-corrected chi connectivity index (χ2v) is 5.57. The van der Waals surface area contributed by atoms with Gasteiger partial charge >= 0.3 is 0 Å². The fourth-order valence-corrected chi connectivity index (χ4v) is 2.26. The molecule has 2 N–H and O–H groups in total. The van der Waals surface area contributed by atoms with E-state index in [0.717, 1.165) is 17.8 Å². The molecule has 27 heavy (non-hydrogen) atoms. The lowest BCUT2D eigenvalue weighted by atomic mass is 10.2. The van der Waals surface area contributed by atoms with E-state index in [1.54, 1.807) is 24.3 Å². The SMILES string of the molecule is O=C(Nc1ncc([N+](=O)[O-])cc1O)c1ccc(OCc2ccccc2)cc1. The molecule has 0 saturated heterocycles. The monoisotopic (exact) mass is 365 g/mol. The number of anilines is 1. The largest absolute Gasteiger partial charge is 0.504 e. The number of aromatic nitrogens is 1. The molecular weight excluding hydrogens is 350 g/mol. The molecular formula is C19H15N3O5. The van der Waals surface area contributed by atoms with Crippen molar-refractivity contribution in [1.82, 2.24) is 4.98 Å². The summed E-state index contributed by atoms with van der Waals surface area (Å²) >= 11 is 0. The van der Waals surface area contributed by atoms with Gasteiger partial charge in [-0.15, -0.1) is 0 Å². The van der Waals surface area contributed by atoms with Crippen LogP contribution in [0.1, 0.15) is 15.9 Å². The first kappa shape index (κ1) is 17.9. The van der Waals surface area contributed by atoms with Crippen LogP contribution in [0.4, 0.5) is 11.5 Å². The van der Waals surface area contributed by atoms with Crippen LogP contribution in [0.3, 0.4) is 0 Å². The Bertz CT molecular complexity index is 959. The third-order valence-electron chi connectivity index (χ3n) is 3.66. The Morgan fingerprint density at radius 2 is 1.85 bits per heavy atom. The first-order chi connectivity index (χ1) is 13.0. The number of nitrogens with zero attached hydrogens (tertiary/aromatic N) is 2. The Kier molecular flexibility index (Phi) is 5.27. The highest BCUT2D eigenvalue weighted by Crippen LogP contribution is 2.25. The van der Waals surface area contributed by atoms with E-state index in [0.29, 0.717) is 17.9 Å². The Hall–Kier alpha value is -3.94. The van der Waals surface area contributed by atoms with E-state index in [1.807, 2.05) is 30.3 Å². The molecule has 3 aromatic rings. The van der Waals surface area contributed by atoms with Gasteiger partial charge in [-0.25, -0.2) is 4.98 Å². The molecule has 0 fully saturated rings. The summed E-state index contributed by atoms with van der Waals surface area (Å²) in [5, 5.41) is 22.8. The molecule has 8 heteroatoms. The molecule has 0 aliphatic carbocycles. The van der Waals surface area contributed by atoms with E-state index in [9.17, 15) is 20.0 Å². The molecule has 136 valence electrons. The van der Waals surface area contributed by atoms with Gasteiger partial charge < -0.3 is 15.2 Å². The summed E-state index contributed by atoms with van der Waals surface area (Å²) in [6.07, 6.45) is 0.954. The first-order valence-electron chi connectivity index (χ1n) is 7.94. The lowest BCUT2D eigenvalue weighted by Crippen LogP contribution is -2.13. The predicted octanol–water partition coefficient (Wildman–Crippen LogP) is 3.53. The molecule has 1 aromatic heterocycles. The summed E-state index contributed by atoms with van der Waals surface area (Å²) in [6.45, 7) is 0.410. The minimum atomic E-state index is -0.688. The molecule has 3 rings (SSSR count). The molecule has 2 aromatic carbocycles. The summed E-state index contributed by atoms with van der Waals surface area (Å²) in [7, 11) is 0. The number of amides is 1. The quantitative estimate of drug-likeness (QED) is 0.510. The number of carbonyl (C=O) groups excluding carboxylic acids is 1. The lowest BCUT2D eigenvalue weighted by Gasteiger charge is -2.08. The number of rotatable bonds is 6. The van der Waals surface area contributed by atoms with E-state index < -0.39 is 16.6 Å². The second-order valence-electron chi connectivity index (χ2n) is 5.57. The van der Waals surface area contributed by atoms with Crippen molar-refractivity contribution in [2.24, 2.45) is 0 Å². The van der Waals surface area contributed by atoms with Gasteiger partial charge in [0.1, 0.15) is 18.6 Å². The maximum atomic E-state index is 12.2. The highest BCUT2D eigenvalue weighted by Gasteiger charge is 2.14. The molecule has 0 radical (unpaired) electrons. The third kappa shape index (κ3) is 4.57. The minimum absolute atomic E-state index is 0.157. The van der Waals surface area contributed by atoms with Crippen molar-refractivity contribution < 1.29 is 19.6 Å². The van der Waals surface area contributed by atoms with Gasteiger partial charge in [0.05, 0.1) is 11.0 Å². The van der Waals surface area contributed by atoms with Crippen LogP contribution >= 0.6 is 0 Å². The van der Waals surface area contributed by atoms with Crippen molar-refractivity contribution in [3.8, 4) is 11.5 Å². The van der Waals surface area contributed by atoms with Crippen molar-refractivity contribution in [2.45, 2.75) is 6.61 Å². The van der Waals surface area contributed by atoms with E-state index >= 15 is 0 Å². The first-order valence-corrected chi connectivity index (χ1v) is 7.94. The number of aromatic hydroxyl groups is 1. The van der Waals surface area contributed by atoms with Gasteiger partial charge in [-0.3, -0.25) is 14.9 Å². The van der Waals surface area contributed by atoms with Crippen molar-refractivity contribution in [3.05, 3.63) is 88.1 Å². The summed E-state index contributed by atoms with van der Waals surface area (Å²) < 4.78 is 5.65. The van der Waals surface area contributed by atoms with E-state index in [2.05, 4.69) is 10.3 Å². The standard InChI is InChI=1S/C19H15N3O5/c23-17-10-15(22(25)26)11-20-18(17)21-19(24)14-6-8-16(9-7-14)27-12-13-4-2-1-3-5-13/h1-11,23H,12H2,(H,20,21,24). The number of nitrogens with one attached hydrogen (secondary N) is 1. The van der Waals surface area contributed by atoms with Crippen LogP contribution in [0.2, 0.25) is 0 Å². The molecule has 0 atom stereocenters. The molecule has 0 saturated carbocycles. The van der Waals surface area contributed by atoms with Gasteiger partial charge in [-0.1, -0.05) is 30.3 Å². The number of hydrogen-bond donors (Lipinski definition) is 2. The fraction of sp³-hybridized carbons (Fsp3) is 0.0526. The van der Waals surface area contributed by atoms with Crippen molar-refractivity contribution in [3.63, 3.8) is 0 Å². The Balaban J connectivity index is 1.63. The second kappa shape index (κ2) is 7.96. The number of ether oxygens (including phenoxy) is 1. The number of benzene rings is 2. The number of pyridine rings is 1. The summed E-state index contributed by atoms with van der Waals surface area (Å²) in [5.41, 5.74) is 0.978. The zero-order valence-electron chi connectivity index (χ0n) is 14.0. The number of hydrogen-bond acceptors (Lipinski definition) is 6. The van der Waals surface area contributed by atoms with Crippen molar-refractivity contribution in [2.75, 3.05) is 5.32 Å². The average Bonchev–Trinajstić information content (AvgIpc) is 2.69. The molecule has 0 aliphatic rings. The highest BCUT2D eigenvalue weighted by atomic mass is 16.6.